The highest BCUT2D eigenvalue weighted by Gasteiger charge is 2.06. The number of unbranched alkanes of at least 4 members (excludes halogenated alkanes) is 1. The molecule has 0 fully saturated rings. The van der Waals surface area contributed by atoms with Gasteiger partial charge < -0.3 is 19.5 Å². The molecule has 112 valence electrons. The van der Waals surface area contributed by atoms with E-state index in [-0.39, 0.29) is 5.56 Å². The van der Waals surface area contributed by atoms with Gasteiger partial charge in [-0.1, -0.05) is 25.5 Å². The van der Waals surface area contributed by atoms with Crippen molar-refractivity contribution in [2.24, 2.45) is 0 Å². The van der Waals surface area contributed by atoms with Crippen molar-refractivity contribution in [3.8, 4) is 5.75 Å². The summed E-state index contributed by atoms with van der Waals surface area (Å²) in [6, 6.07) is 6.63. The van der Waals surface area contributed by atoms with Gasteiger partial charge in [0.2, 0.25) is 0 Å². The Hall–Kier alpha value is -1.55. The van der Waals surface area contributed by atoms with E-state index >= 15 is 0 Å². The summed E-state index contributed by atoms with van der Waals surface area (Å²) in [5.41, 5.74) is 0.123. The van der Waals surface area contributed by atoms with Gasteiger partial charge in [-0.05, 0) is 25.5 Å². The van der Waals surface area contributed by atoms with Gasteiger partial charge >= 0.3 is 0 Å². The molecule has 0 saturated heterocycles. The first-order chi connectivity index (χ1) is 9.69. The Morgan fingerprint density at radius 1 is 1.20 bits per heavy atom. The first-order valence-corrected chi connectivity index (χ1v) is 7.45. The van der Waals surface area contributed by atoms with Crippen LogP contribution in [0.1, 0.15) is 43.5 Å². The Kier molecular flexibility index (Phi) is 7.73. The fourth-order valence-electron chi connectivity index (χ4n) is 2.17. The molecule has 0 aromatic heterocycles. The van der Waals surface area contributed by atoms with E-state index in [2.05, 4.69) is 13.8 Å². The standard InChI is InChI=1S/C16H25NO3/c1-3-5-11-17(4-2)12-8-13-20-15-10-7-6-9-14(15)16(18)19/h6-7,9-10H,3-5,8,11-13H2,1-2H3,(H,18,19). The number of benzene rings is 1. The van der Waals surface area contributed by atoms with E-state index < -0.39 is 5.97 Å². The zero-order valence-electron chi connectivity index (χ0n) is 12.5. The lowest BCUT2D eigenvalue weighted by molar-refractivity contribution is -0.898. The molecule has 0 amide bonds. The lowest BCUT2D eigenvalue weighted by Gasteiger charge is -2.18. The minimum Gasteiger partial charge on any atom is -0.545 e. The maximum absolute atomic E-state index is 10.9. The summed E-state index contributed by atoms with van der Waals surface area (Å²) in [6.45, 7) is 8.31. The number of rotatable bonds is 10. The largest absolute Gasteiger partial charge is 0.545 e. The minimum absolute atomic E-state index is 0.123. The highest BCUT2D eigenvalue weighted by atomic mass is 16.5. The molecule has 4 heteroatoms. The number of aromatic carboxylic acids is 1. The quantitative estimate of drug-likeness (QED) is 0.635. The molecule has 1 aromatic carbocycles. The van der Waals surface area contributed by atoms with Crippen molar-refractivity contribution in [1.29, 1.82) is 0 Å². The van der Waals surface area contributed by atoms with E-state index in [1.165, 1.54) is 25.5 Å². The molecule has 1 rings (SSSR count). The van der Waals surface area contributed by atoms with E-state index in [9.17, 15) is 9.90 Å². The van der Waals surface area contributed by atoms with Crippen LogP contribution < -0.4 is 14.7 Å². The number of nitrogens with one attached hydrogen (secondary N) is 1. The predicted molar refractivity (Wildman–Crippen MR) is 77.0 cm³/mol. The van der Waals surface area contributed by atoms with E-state index in [0.29, 0.717) is 12.4 Å². The maximum atomic E-state index is 10.9. The summed E-state index contributed by atoms with van der Waals surface area (Å²) < 4.78 is 5.56. The fourth-order valence-corrected chi connectivity index (χ4v) is 2.17. The van der Waals surface area contributed by atoms with Gasteiger partial charge in [0, 0.05) is 12.0 Å². The number of quaternary nitrogens is 1. The molecule has 20 heavy (non-hydrogen) atoms. The second kappa shape index (κ2) is 9.37. The first-order valence-electron chi connectivity index (χ1n) is 7.45. The third-order valence-corrected chi connectivity index (χ3v) is 3.42. The number of para-hydroxylation sites is 1. The molecule has 1 aromatic rings. The van der Waals surface area contributed by atoms with Crippen molar-refractivity contribution in [2.45, 2.75) is 33.1 Å². The number of hydrogen-bond donors (Lipinski definition) is 1. The number of carbonyl (C=O) groups excluding carboxylic acids is 1. The summed E-state index contributed by atoms with van der Waals surface area (Å²) in [5, 5.41) is 10.9. The highest BCUT2D eigenvalue weighted by Crippen LogP contribution is 2.16. The van der Waals surface area contributed by atoms with E-state index in [1.807, 2.05) is 0 Å². The topological polar surface area (TPSA) is 53.8 Å². The fraction of sp³-hybridized carbons (Fsp3) is 0.562. The van der Waals surface area contributed by atoms with E-state index in [1.54, 1.807) is 23.1 Å². The summed E-state index contributed by atoms with van der Waals surface area (Å²) in [5.74, 6) is -0.788. The molecule has 4 nitrogen and oxygen atoms in total. The van der Waals surface area contributed by atoms with Crippen LogP contribution in [0.5, 0.6) is 5.75 Å². The summed E-state index contributed by atoms with van der Waals surface area (Å²) in [7, 11) is 0. The number of ether oxygens (including phenoxy) is 1. The molecule has 1 atom stereocenters. The lowest BCUT2D eigenvalue weighted by Crippen LogP contribution is -3.11. The smallest absolute Gasteiger partial charge is 0.128 e. The van der Waals surface area contributed by atoms with Crippen LogP contribution in [-0.4, -0.2) is 32.2 Å². The summed E-state index contributed by atoms with van der Waals surface area (Å²) >= 11 is 0. The number of carboxylic acids is 1. The Labute approximate surface area is 121 Å². The van der Waals surface area contributed by atoms with Gasteiger partial charge in [-0.25, -0.2) is 0 Å². The van der Waals surface area contributed by atoms with Crippen molar-refractivity contribution < 1.29 is 19.5 Å². The number of hydrogen-bond acceptors (Lipinski definition) is 3. The molecule has 0 saturated carbocycles. The Morgan fingerprint density at radius 3 is 2.55 bits per heavy atom. The van der Waals surface area contributed by atoms with Crippen molar-refractivity contribution in [3.63, 3.8) is 0 Å². The molecular formula is C16H25NO3. The van der Waals surface area contributed by atoms with Crippen molar-refractivity contribution in [1.82, 2.24) is 0 Å². The second-order valence-electron chi connectivity index (χ2n) is 4.94. The van der Waals surface area contributed by atoms with E-state index in [4.69, 9.17) is 4.74 Å². The zero-order valence-corrected chi connectivity index (χ0v) is 12.5. The van der Waals surface area contributed by atoms with Gasteiger partial charge in [-0.15, -0.1) is 0 Å². The summed E-state index contributed by atoms with van der Waals surface area (Å²) in [4.78, 5) is 12.5. The van der Waals surface area contributed by atoms with Crippen LogP contribution in [0.4, 0.5) is 0 Å². The number of carboxylic acid groups (broad SMARTS) is 1. The van der Waals surface area contributed by atoms with Crippen LogP contribution >= 0.6 is 0 Å². The van der Waals surface area contributed by atoms with Crippen LogP contribution in [0.25, 0.3) is 0 Å². The average molecular weight is 279 g/mol. The lowest BCUT2D eigenvalue weighted by atomic mass is 10.2. The monoisotopic (exact) mass is 279 g/mol. The van der Waals surface area contributed by atoms with Crippen LogP contribution in [0.3, 0.4) is 0 Å². The van der Waals surface area contributed by atoms with Crippen LogP contribution in [-0.2, 0) is 0 Å². The normalized spacial score (nSPS) is 12.1. The van der Waals surface area contributed by atoms with Crippen LogP contribution in [0.2, 0.25) is 0 Å². The molecular weight excluding hydrogens is 254 g/mol. The molecule has 0 aliphatic carbocycles. The van der Waals surface area contributed by atoms with Crippen LogP contribution in [0.15, 0.2) is 24.3 Å². The molecule has 0 radical (unpaired) electrons. The molecule has 1 N–H and O–H groups in total. The second-order valence-corrected chi connectivity index (χ2v) is 4.94. The molecule has 0 aliphatic heterocycles. The Balaban J connectivity index is 2.35. The van der Waals surface area contributed by atoms with Gasteiger partial charge in [-0.3, -0.25) is 0 Å². The van der Waals surface area contributed by atoms with Gasteiger partial charge in [0.25, 0.3) is 0 Å². The average Bonchev–Trinajstić information content (AvgIpc) is 2.46. The zero-order chi connectivity index (χ0) is 14.8. The highest BCUT2D eigenvalue weighted by molar-refractivity contribution is 5.89. The van der Waals surface area contributed by atoms with Crippen molar-refractivity contribution in [3.05, 3.63) is 29.8 Å². The van der Waals surface area contributed by atoms with Gasteiger partial charge in [0.05, 0.1) is 32.2 Å². The van der Waals surface area contributed by atoms with Crippen molar-refractivity contribution >= 4 is 5.97 Å². The summed E-state index contributed by atoms with van der Waals surface area (Å²) in [6.07, 6.45) is 3.39. The van der Waals surface area contributed by atoms with E-state index in [0.717, 1.165) is 19.5 Å². The minimum atomic E-state index is -1.19. The SMILES string of the molecule is CCCC[NH+](CC)CCCOc1ccccc1C(=O)[O-]. The third-order valence-electron chi connectivity index (χ3n) is 3.42. The molecule has 0 aliphatic rings. The van der Waals surface area contributed by atoms with Gasteiger partial charge in [-0.2, -0.15) is 0 Å². The Bertz CT molecular complexity index is 406. The maximum Gasteiger partial charge on any atom is 0.128 e. The molecule has 0 spiro atoms. The van der Waals surface area contributed by atoms with Crippen molar-refractivity contribution in [2.75, 3.05) is 26.2 Å². The molecule has 1 unspecified atom stereocenters. The van der Waals surface area contributed by atoms with Gasteiger partial charge in [0.1, 0.15) is 5.75 Å². The van der Waals surface area contributed by atoms with Gasteiger partial charge in [0.15, 0.2) is 0 Å². The Morgan fingerprint density at radius 2 is 1.90 bits per heavy atom. The third kappa shape index (κ3) is 5.61. The first kappa shape index (κ1) is 16.5. The predicted octanol–water partition coefficient (Wildman–Crippen LogP) is 0.524. The van der Waals surface area contributed by atoms with Crippen LogP contribution in [0, 0.1) is 0 Å². The molecule has 0 heterocycles. The number of carbonyl (C=O) groups is 1. The molecule has 0 bridgehead atoms.